The normalized spacial score (nSPS) is 21.3. The maximum absolute atomic E-state index is 12.4. The second-order valence-corrected chi connectivity index (χ2v) is 7.74. The Hall–Kier alpha value is -1.83. The molecule has 2 rings (SSSR count). The summed E-state index contributed by atoms with van der Waals surface area (Å²) < 4.78 is 10.6. The first-order chi connectivity index (χ1) is 12.3. The third kappa shape index (κ3) is 6.48. The van der Waals surface area contributed by atoms with E-state index in [1.54, 1.807) is 25.7 Å². The predicted octanol–water partition coefficient (Wildman–Crippen LogP) is 1.14. The summed E-state index contributed by atoms with van der Waals surface area (Å²) in [6, 6.07) is 0. The summed E-state index contributed by atoms with van der Waals surface area (Å²) in [5.74, 6) is 0.0239. The zero-order chi connectivity index (χ0) is 19.2. The molecule has 0 aromatic carbocycles. The molecule has 1 atom stereocenters. The maximum Gasteiger partial charge on any atom is 0.407 e. The fraction of sp³-hybridized carbons (Fsp3) is 0.833. The molecule has 1 unspecified atom stereocenters. The van der Waals surface area contributed by atoms with Crippen LogP contribution in [0.2, 0.25) is 0 Å². The van der Waals surface area contributed by atoms with Gasteiger partial charge in [-0.2, -0.15) is 0 Å². The largest absolute Gasteiger partial charge is 0.444 e. The Morgan fingerprint density at radius 2 is 1.77 bits per heavy atom. The predicted molar refractivity (Wildman–Crippen MR) is 95.6 cm³/mol. The van der Waals surface area contributed by atoms with E-state index in [2.05, 4.69) is 5.32 Å². The molecular formula is C18H31N3O5. The van der Waals surface area contributed by atoms with Gasteiger partial charge < -0.3 is 24.6 Å². The van der Waals surface area contributed by atoms with E-state index < -0.39 is 11.7 Å². The zero-order valence-corrected chi connectivity index (χ0v) is 16.1. The van der Waals surface area contributed by atoms with Crippen LogP contribution >= 0.6 is 0 Å². The maximum atomic E-state index is 12.4. The van der Waals surface area contributed by atoms with Crippen molar-refractivity contribution in [3.8, 4) is 0 Å². The second kappa shape index (κ2) is 9.21. The van der Waals surface area contributed by atoms with Crippen LogP contribution in [0, 0.1) is 0 Å². The fourth-order valence-corrected chi connectivity index (χ4v) is 3.11. The molecule has 2 heterocycles. The van der Waals surface area contributed by atoms with Gasteiger partial charge in [0.25, 0.3) is 5.91 Å². The van der Waals surface area contributed by atoms with Crippen LogP contribution in [-0.2, 0) is 19.1 Å². The van der Waals surface area contributed by atoms with Gasteiger partial charge in [0.05, 0.1) is 0 Å². The van der Waals surface area contributed by atoms with E-state index >= 15 is 0 Å². The summed E-state index contributed by atoms with van der Waals surface area (Å²) >= 11 is 0. The number of amides is 3. The van der Waals surface area contributed by atoms with Gasteiger partial charge in [-0.15, -0.1) is 0 Å². The summed E-state index contributed by atoms with van der Waals surface area (Å²) in [6.45, 7) is 8.59. The molecule has 0 aromatic rings. The van der Waals surface area contributed by atoms with Crippen molar-refractivity contribution in [2.24, 2.45) is 0 Å². The van der Waals surface area contributed by atoms with Crippen LogP contribution in [0.3, 0.4) is 0 Å². The Balaban J connectivity index is 1.71. The number of rotatable bonds is 4. The molecule has 1 N–H and O–H groups in total. The molecule has 2 fully saturated rings. The van der Waals surface area contributed by atoms with Gasteiger partial charge in [0.15, 0.2) is 0 Å². The lowest BCUT2D eigenvalue weighted by Gasteiger charge is -2.24. The van der Waals surface area contributed by atoms with Gasteiger partial charge in [-0.1, -0.05) is 0 Å². The van der Waals surface area contributed by atoms with Gasteiger partial charge in [-0.3, -0.25) is 9.59 Å². The van der Waals surface area contributed by atoms with Crippen LogP contribution in [-0.4, -0.2) is 78.7 Å². The Labute approximate surface area is 155 Å². The number of hydrogen-bond donors (Lipinski definition) is 1. The first kappa shape index (κ1) is 20.5. The van der Waals surface area contributed by atoms with E-state index in [4.69, 9.17) is 9.47 Å². The Kier molecular flexibility index (Phi) is 7.25. The van der Waals surface area contributed by atoms with Crippen molar-refractivity contribution in [1.29, 1.82) is 0 Å². The van der Waals surface area contributed by atoms with Gasteiger partial charge >= 0.3 is 6.09 Å². The first-order valence-corrected chi connectivity index (χ1v) is 9.41. The summed E-state index contributed by atoms with van der Waals surface area (Å²) in [5.41, 5.74) is -0.558. The third-order valence-corrected chi connectivity index (χ3v) is 4.37. The molecule has 26 heavy (non-hydrogen) atoms. The second-order valence-electron chi connectivity index (χ2n) is 7.74. The van der Waals surface area contributed by atoms with E-state index in [-0.39, 0.29) is 30.9 Å². The third-order valence-electron chi connectivity index (χ3n) is 4.37. The van der Waals surface area contributed by atoms with Crippen LogP contribution in [0.25, 0.3) is 0 Å². The highest BCUT2D eigenvalue weighted by Crippen LogP contribution is 2.16. The smallest absolute Gasteiger partial charge is 0.407 e. The lowest BCUT2D eigenvalue weighted by Crippen LogP contribution is -2.42. The number of nitrogens with one attached hydrogen (secondary N) is 1. The van der Waals surface area contributed by atoms with Gasteiger partial charge in [0.1, 0.15) is 11.7 Å². The highest BCUT2D eigenvalue weighted by molar-refractivity contribution is 5.81. The molecule has 0 aromatic heterocycles. The van der Waals surface area contributed by atoms with Crippen molar-refractivity contribution in [2.75, 3.05) is 39.3 Å². The molecule has 8 heteroatoms. The van der Waals surface area contributed by atoms with E-state index in [0.29, 0.717) is 32.8 Å². The summed E-state index contributed by atoms with van der Waals surface area (Å²) in [7, 11) is 0. The number of carbonyl (C=O) groups excluding carboxylic acids is 3. The van der Waals surface area contributed by atoms with Gasteiger partial charge in [0, 0.05) is 45.8 Å². The molecule has 0 radical (unpaired) electrons. The minimum atomic E-state index is -0.558. The van der Waals surface area contributed by atoms with Crippen LogP contribution in [0.15, 0.2) is 0 Å². The zero-order valence-electron chi connectivity index (χ0n) is 16.1. The molecule has 8 nitrogen and oxygen atoms in total. The molecule has 0 saturated carbocycles. The number of alkyl carbamates (subject to hydrolysis) is 1. The van der Waals surface area contributed by atoms with E-state index in [9.17, 15) is 14.4 Å². The number of ether oxygens (including phenoxy) is 2. The molecular weight excluding hydrogens is 338 g/mol. The fourth-order valence-electron chi connectivity index (χ4n) is 3.11. The molecule has 0 bridgehead atoms. The van der Waals surface area contributed by atoms with Crippen molar-refractivity contribution in [3.05, 3.63) is 0 Å². The molecule has 148 valence electrons. The van der Waals surface area contributed by atoms with Crippen molar-refractivity contribution >= 4 is 17.9 Å². The monoisotopic (exact) mass is 369 g/mol. The Morgan fingerprint density at radius 3 is 2.42 bits per heavy atom. The van der Waals surface area contributed by atoms with Crippen LogP contribution in [0.4, 0.5) is 4.79 Å². The summed E-state index contributed by atoms with van der Waals surface area (Å²) in [6.07, 6.45) is 1.86. The average Bonchev–Trinajstić information content (AvgIpc) is 2.96. The molecule has 2 saturated heterocycles. The van der Waals surface area contributed by atoms with Crippen LogP contribution < -0.4 is 5.32 Å². The minimum Gasteiger partial charge on any atom is -0.444 e. The molecule has 0 spiro atoms. The average molecular weight is 369 g/mol. The van der Waals surface area contributed by atoms with Crippen molar-refractivity contribution in [2.45, 2.75) is 58.2 Å². The minimum absolute atomic E-state index is 0.0209. The molecule has 2 aliphatic rings. The highest BCUT2D eigenvalue weighted by atomic mass is 16.6. The van der Waals surface area contributed by atoms with Gasteiger partial charge in [0.2, 0.25) is 5.91 Å². The Morgan fingerprint density at radius 1 is 1.08 bits per heavy atom. The quantitative estimate of drug-likeness (QED) is 0.803. The Bertz CT molecular complexity index is 511. The van der Waals surface area contributed by atoms with Crippen LogP contribution in [0.5, 0.6) is 0 Å². The van der Waals surface area contributed by atoms with Crippen molar-refractivity contribution in [1.82, 2.24) is 15.1 Å². The lowest BCUT2D eigenvalue weighted by atomic mass is 10.2. The number of nitrogens with zero attached hydrogens (tertiary/aromatic N) is 2. The highest BCUT2D eigenvalue weighted by Gasteiger charge is 2.30. The topological polar surface area (TPSA) is 88.2 Å². The van der Waals surface area contributed by atoms with Gasteiger partial charge in [-0.05, 0) is 40.0 Å². The van der Waals surface area contributed by atoms with Gasteiger partial charge in [-0.25, -0.2) is 4.79 Å². The number of hydrogen-bond acceptors (Lipinski definition) is 5. The summed E-state index contributed by atoms with van der Waals surface area (Å²) in [5, 5.41) is 2.60. The summed E-state index contributed by atoms with van der Waals surface area (Å²) in [4.78, 5) is 40.0. The lowest BCUT2D eigenvalue weighted by molar-refractivity contribution is -0.141. The van der Waals surface area contributed by atoms with E-state index in [1.807, 2.05) is 4.90 Å². The first-order valence-electron chi connectivity index (χ1n) is 9.41. The van der Waals surface area contributed by atoms with E-state index in [1.165, 1.54) is 0 Å². The van der Waals surface area contributed by atoms with Crippen molar-refractivity contribution < 1.29 is 23.9 Å². The molecule has 2 aliphatic heterocycles. The SMILES string of the molecule is CC(C)(C)OC(=O)NCCC(=O)N1CCCN(C(=O)C2CCCO2)CC1. The number of carbonyl (C=O) groups is 3. The molecule has 0 aliphatic carbocycles. The molecule has 3 amide bonds. The van der Waals surface area contributed by atoms with E-state index in [0.717, 1.165) is 19.3 Å². The van der Waals surface area contributed by atoms with Crippen molar-refractivity contribution in [3.63, 3.8) is 0 Å². The standard InChI is InChI=1S/C18H31N3O5/c1-18(2,3)26-17(24)19-8-7-15(22)20-9-5-10-21(12-11-20)16(23)14-6-4-13-25-14/h14H,4-13H2,1-3H3,(H,19,24). The van der Waals surface area contributed by atoms with Crippen LogP contribution in [0.1, 0.15) is 46.5 Å².